The van der Waals surface area contributed by atoms with Gasteiger partial charge in [0.2, 0.25) is 0 Å². The number of aliphatic imine (C=N–C) groups is 1. The Morgan fingerprint density at radius 1 is 1.09 bits per heavy atom. The van der Waals surface area contributed by atoms with Crippen molar-refractivity contribution in [3.63, 3.8) is 0 Å². The Kier molecular flexibility index (Phi) is 6.06. The monoisotopic (exact) mass is 409 g/mol. The molecule has 0 saturated heterocycles. The van der Waals surface area contributed by atoms with Crippen LogP contribution in [0.5, 0.6) is 11.5 Å². The number of hydrogen-bond donors (Lipinski definition) is 2. The molecule has 1 aliphatic carbocycles. The summed E-state index contributed by atoms with van der Waals surface area (Å²) < 4.78 is 5.81. The SMILES string of the molecule is I.NC(=NCc1cccc(Oc2ccccc2)c1)NC1CC1. The Labute approximate surface area is 147 Å². The molecule has 5 heteroatoms. The molecule has 0 aromatic heterocycles. The van der Waals surface area contributed by atoms with Gasteiger partial charge in [0.05, 0.1) is 6.54 Å². The van der Waals surface area contributed by atoms with Crippen LogP contribution in [0.15, 0.2) is 59.6 Å². The summed E-state index contributed by atoms with van der Waals surface area (Å²) in [7, 11) is 0. The summed E-state index contributed by atoms with van der Waals surface area (Å²) in [6.45, 7) is 0.553. The second-order valence-corrected chi connectivity index (χ2v) is 5.18. The Hall–Kier alpha value is -1.76. The third kappa shape index (κ3) is 5.22. The molecule has 1 aliphatic rings. The van der Waals surface area contributed by atoms with Crippen LogP contribution in [0.4, 0.5) is 0 Å². The first-order valence-electron chi connectivity index (χ1n) is 7.18. The van der Waals surface area contributed by atoms with Crippen molar-refractivity contribution in [3.8, 4) is 11.5 Å². The summed E-state index contributed by atoms with van der Waals surface area (Å²) in [6.07, 6.45) is 2.38. The third-order valence-electron chi connectivity index (χ3n) is 3.24. The third-order valence-corrected chi connectivity index (χ3v) is 3.24. The van der Waals surface area contributed by atoms with Crippen molar-refractivity contribution in [1.82, 2.24) is 5.32 Å². The van der Waals surface area contributed by atoms with E-state index in [1.54, 1.807) is 0 Å². The van der Waals surface area contributed by atoms with E-state index in [9.17, 15) is 0 Å². The summed E-state index contributed by atoms with van der Waals surface area (Å²) in [5.41, 5.74) is 6.90. The molecule has 2 aromatic rings. The second-order valence-electron chi connectivity index (χ2n) is 5.18. The molecule has 0 atom stereocenters. The summed E-state index contributed by atoms with van der Waals surface area (Å²) in [6, 6.07) is 18.2. The lowest BCUT2D eigenvalue weighted by molar-refractivity contribution is 0.482. The molecule has 22 heavy (non-hydrogen) atoms. The number of nitrogens with zero attached hydrogens (tertiary/aromatic N) is 1. The molecule has 2 aromatic carbocycles. The molecular weight excluding hydrogens is 389 g/mol. The fourth-order valence-electron chi connectivity index (χ4n) is 1.99. The van der Waals surface area contributed by atoms with Gasteiger partial charge in [-0.2, -0.15) is 0 Å². The van der Waals surface area contributed by atoms with Crippen LogP contribution in [-0.2, 0) is 6.54 Å². The van der Waals surface area contributed by atoms with E-state index < -0.39 is 0 Å². The Balaban J connectivity index is 0.00000176. The number of rotatable bonds is 5. The largest absolute Gasteiger partial charge is 0.457 e. The summed E-state index contributed by atoms with van der Waals surface area (Å²) in [5.74, 6) is 2.16. The van der Waals surface area contributed by atoms with Crippen molar-refractivity contribution in [2.24, 2.45) is 10.7 Å². The predicted octanol–water partition coefficient (Wildman–Crippen LogP) is 3.66. The zero-order chi connectivity index (χ0) is 14.5. The summed E-state index contributed by atoms with van der Waals surface area (Å²) >= 11 is 0. The number of nitrogens with two attached hydrogens (primary N) is 1. The van der Waals surface area contributed by atoms with Crippen molar-refractivity contribution >= 4 is 29.9 Å². The summed E-state index contributed by atoms with van der Waals surface area (Å²) in [5, 5.41) is 3.18. The van der Waals surface area contributed by atoms with Gasteiger partial charge < -0.3 is 15.8 Å². The van der Waals surface area contributed by atoms with Gasteiger partial charge in [-0.3, -0.25) is 0 Å². The van der Waals surface area contributed by atoms with Crippen LogP contribution >= 0.6 is 24.0 Å². The predicted molar refractivity (Wildman–Crippen MR) is 99.9 cm³/mol. The normalized spacial score (nSPS) is 14.1. The molecule has 0 spiro atoms. The second kappa shape index (κ2) is 8.03. The minimum atomic E-state index is 0. The Morgan fingerprint density at radius 2 is 1.82 bits per heavy atom. The summed E-state index contributed by atoms with van der Waals surface area (Å²) in [4.78, 5) is 4.35. The van der Waals surface area contributed by atoms with Crippen LogP contribution in [-0.4, -0.2) is 12.0 Å². The molecule has 3 rings (SSSR count). The van der Waals surface area contributed by atoms with Crippen LogP contribution in [0.1, 0.15) is 18.4 Å². The number of guanidine groups is 1. The van der Waals surface area contributed by atoms with Crippen molar-refractivity contribution < 1.29 is 4.74 Å². The molecule has 1 fully saturated rings. The van der Waals surface area contributed by atoms with Gasteiger partial charge in [-0.05, 0) is 42.7 Å². The van der Waals surface area contributed by atoms with E-state index in [1.807, 2.05) is 54.6 Å². The molecule has 0 amide bonds. The van der Waals surface area contributed by atoms with E-state index >= 15 is 0 Å². The van der Waals surface area contributed by atoms with Crippen molar-refractivity contribution in [1.29, 1.82) is 0 Å². The van der Waals surface area contributed by atoms with Gasteiger partial charge in [-0.1, -0.05) is 30.3 Å². The van der Waals surface area contributed by atoms with E-state index in [-0.39, 0.29) is 24.0 Å². The van der Waals surface area contributed by atoms with Crippen LogP contribution < -0.4 is 15.8 Å². The van der Waals surface area contributed by atoms with Gasteiger partial charge in [0, 0.05) is 6.04 Å². The van der Waals surface area contributed by atoms with Crippen LogP contribution in [0.3, 0.4) is 0 Å². The van der Waals surface area contributed by atoms with Gasteiger partial charge >= 0.3 is 0 Å². The van der Waals surface area contributed by atoms with Crippen molar-refractivity contribution in [3.05, 3.63) is 60.2 Å². The minimum Gasteiger partial charge on any atom is -0.457 e. The quantitative estimate of drug-likeness (QED) is 0.450. The smallest absolute Gasteiger partial charge is 0.189 e. The fraction of sp³-hybridized carbons (Fsp3) is 0.235. The van der Waals surface area contributed by atoms with Crippen molar-refractivity contribution in [2.45, 2.75) is 25.4 Å². The number of halogens is 1. The highest BCUT2D eigenvalue weighted by molar-refractivity contribution is 14.0. The zero-order valence-electron chi connectivity index (χ0n) is 12.2. The minimum absolute atomic E-state index is 0. The number of ether oxygens (including phenoxy) is 1. The highest BCUT2D eigenvalue weighted by Crippen LogP contribution is 2.22. The van der Waals surface area contributed by atoms with Gasteiger partial charge in [0.25, 0.3) is 0 Å². The highest BCUT2D eigenvalue weighted by Gasteiger charge is 2.21. The van der Waals surface area contributed by atoms with Gasteiger partial charge in [0.1, 0.15) is 11.5 Å². The molecule has 0 heterocycles. The molecule has 0 unspecified atom stereocenters. The van der Waals surface area contributed by atoms with E-state index in [0.29, 0.717) is 18.5 Å². The van der Waals surface area contributed by atoms with Gasteiger partial charge in [0.15, 0.2) is 5.96 Å². The number of benzene rings is 2. The molecule has 116 valence electrons. The number of nitrogens with one attached hydrogen (secondary N) is 1. The standard InChI is InChI=1S/C17H19N3O.HI/c18-17(20-14-9-10-14)19-12-13-5-4-8-16(11-13)21-15-6-2-1-3-7-15;/h1-8,11,14H,9-10,12H2,(H3,18,19,20);1H. The van der Waals surface area contributed by atoms with E-state index in [2.05, 4.69) is 10.3 Å². The maximum Gasteiger partial charge on any atom is 0.189 e. The molecule has 0 aliphatic heterocycles. The van der Waals surface area contributed by atoms with E-state index in [1.165, 1.54) is 12.8 Å². The first-order chi connectivity index (χ1) is 10.3. The highest BCUT2D eigenvalue weighted by atomic mass is 127. The average molecular weight is 409 g/mol. The molecular formula is C17H20IN3O. The Bertz CT molecular complexity index is 627. The van der Waals surface area contributed by atoms with Crippen LogP contribution in [0.2, 0.25) is 0 Å². The lowest BCUT2D eigenvalue weighted by Gasteiger charge is -2.07. The average Bonchev–Trinajstić information content (AvgIpc) is 3.31. The number of para-hydroxylation sites is 1. The molecule has 1 saturated carbocycles. The van der Waals surface area contributed by atoms with E-state index in [0.717, 1.165) is 17.1 Å². The first kappa shape index (κ1) is 16.6. The Morgan fingerprint density at radius 3 is 2.55 bits per heavy atom. The number of hydrogen-bond acceptors (Lipinski definition) is 2. The lowest BCUT2D eigenvalue weighted by Crippen LogP contribution is -2.33. The molecule has 0 radical (unpaired) electrons. The molecule has 4 nitrogen and oxygen atoms in total. The fourth-order valence-corrected chi connectivity index (χ4v) is 1.99. The van der Waals surface area contributed by atoms with Gasteiger partial charge in [-0.15, -0.1) is 24.0 Å². The topological polar surface area (TPSA) is 59.6 Å². The van der Waals surface area contributed by atoms with Crippen molar-refractivity contribution in [2.75, 3.05) is 0 Å². The molecule has 0 bridgehead atoms. The maximum atomic E-state index is 5.83. The van der Waals surface area contributed by atoms with Gasteiger partial charge in [-0.25, -0.2) is 4.99 Å². The first-order valence-corrected chi connectivity index (χ1v) is 7.18. The molecule has 3 N–H and O–H groups in total. The lowest BCUT2D eigenvalue weighted by atomic mass is 10.2. The maximum absolute atomic E-state index is 5.83. The van der Waals surface area contributed by atoms with Crippen LogP contribution in [0, 0.1) is 0 Å². The zero-order valence-corrected chi connectivity index (χ0v) is 14.6. The van der Waals surface area contributed by atoms with Crippen LogP contribution in [0.25, 0.3) is 0 Å². The van der Waals surface area contributed by atoms with E-state index in [4.69, 9.17) is 10.5 Å².